The molecule has 0 N–H and O–H groups in total. The van der Waals surface area contributed by atoms with Crippen LogP contribution in [-0.2, 0) is 4.79 Å². The molecule has 2 aromatic heterocycles. The van der Waals surface area contributed by atoms with Gasteiger partial charge in [-0.15, -0.1) is 6.58 Å². The number of aryl methyl sites for hydroxylation is 2. The molecule has 2 aromatic rings. The van der Waals surface area contributed by atoms with Gasteiger partial charge < -0.3 is 4.57 Å². The lowest BCUT2D eigenvalue weighted by molar-refractivity contribution is -0.122. The number of hydrogen-bond donors (Lipinski definition) is 0. The molecule has 3 rings (SSSR count). The summed E-state index contributed by atoms with van der Waals surface area (Å²) in [6.07, 6.45) is 5.11. The fraction of sp³-hybridized carbons (Fsp3) is 0.211. The summed E-state index contributed by atoms with van der Waals surface area (Å²) < 4.78 is 2.05. The van der Waals surface area contributed by atoms with Gasteiger partial charge in [-0.1, -0.05) is 6.08 Å². The van der Waals surface area contributed by atoms with E-state index in [0.29, 0.717) is 4.91 Å². The number of imide groups is 1. The van der Waals surface area contributed by atoms with E-state index in [1.54, 1.807) is 18.3 Å². The number of nitrogens with zero attached hydrogens (tertiary/aromatic N) is 3. The number of rotatable bonds is 4. The molecule has 0 aliphatic carbocycles. The summed E-state index contributed by atoms with van der Waals surface area (Å²) in [6, 6.07) is 5.97. The third-order valence-corrected chi connectivity index (χ3v) is 4.98. The molecule has 128 valence electrons. The molecule has 1 aliphatic rings. The van der Waals surface area contributed by atoms with Crippen molar-refractivity contribution in [3.63, 3.8) is 0 Å². The molecule has 0 saturated carbocycles. The van der Waals surface area contributed by atoms with Crippen molar-refractivity contribution in [2.75, 3.05) is 6.54 Å². The average molecular weight is 353 g/mol. The molecule has 0 spiro atoms. The Kier molecular flexibility index (Phi) is 4.63. The fourth-order valence-corrected chi connectivity index (χ4v) is 3.70. The van der Waals surface area contributed by atoms with Crippen LogP contribution in [0.15, 0.2) is 42.0 Å². The van der Waals surface area contributed by atoms with Crippen LogP contribution >= 0.6 is 11.8 Å². The quantitative estimate of drug-likeness (QED) is 0.615. The predicted molar refractivity (Wildman–Crippen MR) is 101 cm³/mol. The highest BCUT2D eigenvalue weighted by molar-refractivity contribution is 8.18. The molecule has 0 aromatic carbocycles. The number of hydrogen-bond acceptors (Lipinski definition) is 4. The van der Waals surface area contributed by atoms with Crippen molar-refractivity contribution >= 4 is 29.0 Å². The summed E-state index contributed by atoms with van der Waals surface area (Å²) in [5, 5.41) is -0.259. The summed E-state index contributed by atoms with van der Waals surface area (Å²) >= 11 is 0.965. The minimum Gasteiger partial charge on any atom is -0.303 e. The van der Waals surface area contributed by atoms with Crippen molar-refractivity contribution in [2.45, 2.75) is 20.8 Å². The summed E-state index contributed by atoms with van der Waals surface area (Å²) in [6.45, 7) is 9.82. The Labute approximate surface area is 151 Å². The first-order valence-electron chi connectivity index (χ1n) is 7.90. The average Bonchev–Trinajstić information content (AvgIpc) is 2.98. The molecule has 5 nitrogen and oxygen atoms in total. The predicted octanol–water partition coefficient (Wildman–Crippen LogP) is 4.02. The second-order valence-corrected chi connectivity index (χ2v) is 6.93. The summed E-state index contributed by atoms with van der Waals surface area (Å²) in [5.41, 5.74) is 4.03. The van der Waals surface area contributed by atoms with Crippen molar-refractivity contribution in [1.29, 1.82) is 0 Å². The minimum absolute atomic E-state index is 0.230. The standard InChI is InChI=1S/C19H19N3O2S/c1-5-8-21-18(23)16(25-19(21)24)11-15-10-13(3)22(14(15)4)17-9-12(2)6-7-20-17/h5-7,9-11H,1,8H2,2-4H3/b16-11+. The van der Waals surface area contributed by atoms with Crippen LogP contribution in [0, 0.1) is 20.8 Å². The van der Waals surface area contributed by atoms with E-state index in [4.69, 9.17) is 0 Å². The summed E-state index contributed by atoms with van der Waals surface area (Å²) in [5.74, 6) is 0.572. The molecule has 0 atom stereocenters. The van der Waals surface area contributed by atoms with E-state index in [-0.39, 0.29) is 17.7 Å². The Hall–Kier alpha value is -2.60. The zero-order chi connectivity index (χ0) is 18.1. The lowest BCUT2D eigenvalue weighted by Crippen LogP contribution is -2.27. The first-order valence-corrected chi connectivity index (χ1v) is 8.72. The number of thioether (sulfide) groups is 1. The first kappa shape index (κ1) is 17.2. The topological polar surface area (TPSA) is 55.2 Å². The Morgan fingerprint density at radius 2 is 2.00 bits per heavy atom. The molecule has 25 heavy (non-hydrogen) atoms. The zero-order valence-corrected chi connectivity index (χ0v) is 15.3. The molecule has 0 bridgehead atoms. The van der Waals surface area contributed by atoms with E-state index in [2.05, 4.69) is 11.6 Å². The van der Waals surface area contributed by atoms with Crippen molar-refractivity contribution in [3.8, 4) is 5.82 Å². The normalized spacial score (nSPS) is 16.1. The van der Waals surface area contributed by atoms with Gasteiger partial charge in [-0.25, -0.2) is 4.98 Å². The number of aromatic nitrogens is 2. The van der Waals surface area contributed by atoms with E-state index >= 15 is 0 Å². The van der Waals surface area contributed by atoms with E-state index in [1.165, 1.54) is 4.90 Å². The van der Waals surface area contributed by atoms with Gasteiger partial charge in [-0.05, 0) is 67.9 Å². The Morgan fingerprint density at radius 3 is 2.68 bits per heavy atom. The van der Waals surface area contributed by atoms with Gasteiger partial charge >= 0.3 is 0 Å². The van der Waals surface area contributed by atoms with E-state index in [1.807, 2.05) is 43.5 Å². The Morgan fingerprint density at radius 1 is 1.24 bits per heavy atom. The zero-order valence-electron chi connectivity index (χ0n) is 14.4. The van der Waals surface area contributed by atoms with Crippen LogP contribution in [-0.4, -0.2) is 32.1 Å². The van der Waals surface area contributed by atoms with Crippen LogP contribution in [0.5, 0.6) is 0 Å². The van der Waals surface area contributed by atoms with Gasteiger partial charge in [0.2, 0.25) is 0 Å². The maximum absolute atomic E-state index is 12.4. The molecule has 1 aliphatic heterocycles. The highest BCUT2D eigenvalue weighted by Gasteiger charge is 2.34. The molecule has 0 radical (unpaired) electrons. The molecular weight excluding hydrogens is 334 g/mol. The van der Waals surface area contributed by atoms with E-state index in [9.17, 15) is 9.59 Å². The number of carbonyl (C=O) groups is 2. The molecule has 3 heterocycles. The van der Waals surface area contributed by atoms with Gasteiger partial charge in [0.15, 0.2) is 0 Å². The van der Waals surface area contributed by atoms with Gasteiger partial charge in [0.05, 0.1) is 4.91 Å². The lowest BCUT2D eigenvalue weighted by atomic mass is 10.2. The molecule has 2 amide bonds. The number of pyridine rings is 1. The first-order chi connectivity index (χ1) is 11.9. The Balaban J connectivity index is 2.00. The van der Waals surface area contributed by atoms with Crippen molar-refractivity contribution < 1.29 is 9.59 Å². The second-order valence-electron chi connectivity index (χ2n) is 5.93. The molecule has 0 unspecified atom stereocenters. The van der Waals surface area contributed by atoms with Crippen molar-refractivity contribution in [2.24, 2.45) is 0 Å². The van der Waals surface area contributed by atoms with Crippen LogP contribution in [0.3, 0.4) is 0 Å². The lowest BCUT2D eigenvalue weighted by Gasteiger charge is -2.09. The highest BCUT2D eigenvalue weighted by atomic mass is 32.2. The van der Waals surface area contributed by atoms with Gasteiger partial charge in [-0.3, -0.25) is 14.5 Å². The van der Waals surface area contributed by atoms with Crippen LogP contribution in [0.2, 0.25) is 0 Å². The van der Waals surface area contributed by atoms with Gasteiger partial charge in [-0.2, -0.15) is 0 Å². The third kappa shape index (κ3) is 3.17. The molecule has 6 heteroatoms. The maximum atomic E-state index is 12.4. The number of amides is 2. The van der Waals surface area contributed by atoms with Crippen molar-refractivity contribution in [3.05, 3.63) is 64.5 Å². The fourth-order valence-electron chi connectivity index (χ4n) is 2.86. The Bertz CT molecular complexity index is 911. The largest absolute Gasteiger partial charge is 0.303 e. The summed E-state index contributed by atoms with van der Waals surface area (Å²) in [7, 11) is 0. The van der Waals surface area contributed by atoms with Gasteiger partial charge in [0.25, 0.3) is 11.1 Å². The maximum Gasteiger partial charge on any atom is 0.293 e. The molecular formula is C19H19N3O2S. The number of carbonyl (C=O) groups excluding carboxylic acids is 2. The van der Waals surface area contributed by atoms with Gasteiger partial charge in [0.1, 0.15) is 5.82 Å². The smallest absolute Gasteiger partial charge is 0.293 e. The van der Waals surface area contributed by atoms with Crippen LogP contribution in [0.25, 0.3) is 11.9 Å². The monoisotopic (exact) mass is 353 g/mol. The molecule has 1 fully saturated rings. The second kappa shape index (κ2) is 6.72. The van der Waals surface area contributed by atoms with Crippen LogP contribution in [0.4, 0.5) is 4.79 Å². The third-order valence-electron chi connectivity index (χ3n) is 4.07. The highest BCUT2D eigenvalue weighted by Crippen LogP contribution is 2.33. The van der Waals surface area contributed by atoms with Crippen LogP contribution < -0.4 is 0 Å². The van der Waals surface area contributed by atoms with E-state index in [0.717, 1.165) is 40.1 Å². The summed E-state index contributed by atoms with van der Waals surface area (Å²) in [4.78, 5) is 30.4. The SMILES string of the molecule is C=CCN1C(=O)S/C(=C/c2cc(C)n(-c3cc(C)ccn3)c2C)C1=O. The molecule has 1 saturated heterocycles. The van der Waals surface area contributed by atoms with Crippen LogP contribution in [0.1, 0.15) is 22.5 Å². The van der Waals surface area contributed by atoms with Gasteiger partial charge in [0, 0.05) is 24.1 Å². The van der Waals surface area contributed by atoms with Crippen molar-refractivity contribution in [1.82, 2.24) is 14.5 Å². The minimum atomic E-state index is -0.270. The van der Waals surface area contributed by atoms with E-state index < -0.39 is 0 Å².